The van der Waals surface area contributed by atoms with Crippen LogP contribution in [0.5, 0.6) is 5.75 Å². The van der Waals surface area contributed by atoms with Gasteiger partial charge in [-0.2, -0.15) is 0 Å². The van der Waals surface area contributed by atoms with Crippen LogP contribution < -0.4 is 10.1 Å². The minimum absolute atomic E-state index is 0. The van der Waals surface area contributed by atoms with Gasteiger partial charge in [0.15, 0.2) is 0 Å². The Morgan fingerprint density at radius 3 is 2.55 bits per heavy atom. The molecule has 3 nitrogen and oxygen atoms in total. The molecule has 0 aliphatic carbocycles. The number of halogens is 3. The van der Waals surface area contributed by atoms with Crippen molar-refractivity contribution in [1.29, 1.82) is 0 Å². The van der Waals surface area contributed by atoms with Gasteiger partial charge in [0, 0.05) is 43.9 Å². The minimum atomic E-state index is -0.264. The van der Waals surface area contributed by atoms with E-state index >= 15 is 0 Å². The molecule has 0 radical (unpaired) electrons. The monoisotopic (exact) mass is 350 g/mol. The van der Waals surface area contributed by atoms with E-state index in [-0.39, 0.29) is 36.7 Å². The Morgan fingerprint density at radius 2 is 2.00 bits per heavy atom. The maximum absolute atomic E-state index is 13.4. The van der Waals surface area contributed by atoms with Crippen LogP contribution in [-0.4, -0.2) is 38.2 Å². The number of hydrogen-bond acceptors (Lipinski definition) is 3. The molecule has 0 saturated carbocycles. The van der Waals surface area contributed by atoms with Crippen molar-refractivity contribution in [1.82, 2.24) is 10.2 Å². The SMILES string of the molecule is C=C(C)C[C@H](c1ccc(F)cc1OC)N1CCNCC1.Cl.Cl. The van der Waals surface area contributed by atoms with E-state index in [2.05, 4.69) is 16.8 Å². The van der Waals surface area contributed by atoms with Crippen LogP contribution >= 0.6 is 24.8 Å². The van der Waals surface area contributed by atoms with Crippen LogP contribution in [0.15, 0.2) is 30.4 Å². The van der Waals surface area contributed by atoms with Gasteiger partial charge >= 0.3 is 0 Å². The van der Waals surface area contributed by atoms with E-state index < -0.39 is 0 Å². The van der Waals surface area contributed by atoms with Crippen LogP contribution in [0, 0.1) is 5.82 Å². The number of nitrogens with one attached hydrogen (secondary N) is 1. The number of methoxy groups -OCH3 is 1. The van der Waals surface area contributed by atoms with Crippen LogP contribution in [-0.2, 0) is 0 Å². The molecule has 6 heteroatoms. The summed E-state index contributed by atoms with van der Waals surface area (Å²) in [5, 5.41) is 3.36. The predicted octanol–water partition coefficient (Wildman–Crippen LogP) is 3.59. The quantitative estimate of drug-likeness (QED) is 0.821. The summed E-state index contributed by atoms with van der Waals surface area (Å²) < 4.78 is 18.7. The summed E-state index contributed by atoms with van der Waals surface area (Å²) in [6, 6.07) is 5.00. The molecule has 1 aliphatic rings. The smallest absolute Gasteiger partial charge is 0.126 e. The summed E-state index contributed by atoms with van der Waals surface area (Å²) in [5.74, 6) is 0.356. The van der Waals surface area contributed by atoms with Gasteiger partial charge in [-0.25, -0.2) is 4.39 Å². The molecule has 1 saturated heterocycles. The molecular formula is C16H25Cl2FN2O. The van der Waals surface area contributed by atoms with Gasteiger partial charge in [0.25, 0.3) is 0 Å². The minimum Gasteiger partial charge on any atom is -0.496 e. The number of rotatable bonds is 5. The fraction of sp³-hybridized carbons (Fsp3) is 0.500. The molecule has 1 aromatic rings. The van der Waals surface area contributed by atoms with Crippen molar-refractivity contribution in [2.24, 2.45) is 0 Å². The largest absolute Gasteiger partial charge is 0.496 e. The molecule has 0 aromatic heterocycles. The molecule has 2 rings (SSSR count). The van der Waals surface area contributed by atoms with E-state index in [0.717, 1.165) is 43.7 Å². The average molecular weight is 351 g/mol. The van der Waals surface area contributed by atoms with E-state index in [1.54, 1.807) is 7.11 Å². The highest BCUT2D eigenvalue weighted by atomic mass is 35.5. The predicted molar refractivity (Wildman–Crippen MR) is 94.1 cm³/mol. The highest BCUT2D eigenvalue weighted by Crippen LogP contribution is 2.34. The molecular weight excluding hydrogens is 326 g/mol. The van der Waals surface area contributed by atoms with E-state index in [1.165, 1.54) is 12.1 Å². The standard InChI is InChI=1S/C16H23FN2O.2ClH/c1-12(2)10-15(19-8-6-18-7-9-19)14-5-4-13(17)11-16(14)20-3;;/h4-5,11,15,18H,1,6-10H2,2-3H3;2*1H/t15-;;/m1../s1. The highest BCUT2D eigenvalue weighted by Gasteiger charge is 2.25. The first-order valence-electron chi connectivity index (χ1n) is 7.04. The van der Waals surface area contributed by atoms with Crippen molar-refractivity contribution < 1.29 is 9.13 Å². The van der Waals surface area contributed by atoms with Crippen molar-refractivity contribution in [2.75, 3.05) is 33.3 Å². The Bertz CT molecular complexity index is 479. The third-order valence-electron chi connectivity index (χ3n) is 3.69. The molecule has 126 valence electrons. The van der Waals surface area contributed by atoms with Crippen LogP contribution in [0.3, 0.4) is 0 Å². The number of piperazine rings is 1. The van der Waals surface area contributed by atoms with E-state index in [9.17, 15) is 4.39 Å². The number of benzene rings is 1. The van der Waals surface area contributed by atoms with Gasteiger partial charge in [-0.3, -0.25) is 4.90 Å². The van der Waals surface area contributed by atoms with Gasteiger partial charge in [0.2, 0.25) is 0 Å². The van der Waals surface area contributed by atoms with Crippen LogP contribution in [0.4, 0.5) is 4.39 Å². The van der Waals surface area contributed by atoms with E-state index in [0.29, 0.717) is 5.75 Å². The van der Waals surface area contributed by atoms with Gasteiger partial charge in [0.05, 0.1) is 7.11 Å². The van der Waals surface area contributed by atoms with Crippen LogP contribution in [0.1, 0.15) is 24.9 Å². The maximum Gasteiger partial charge on any atom is 0.126 e. The number of nitrogens with zero attached hydrogens (tertiary/aromatic N) is 1. The van der Waals surface area contributed by atoms with Crippen molar-refractivity contribution in [3.05, 3.63) is 41.7 Å². The summed E-state index contributed by atoms with van der Waals surface area (Å²) >= 11 is 0. The van der Waals surface area contributed by atoms with Gasteiger partial charge in [-0.1, -0.05) is 11.6 Å². The number of hydrogen-bond donors (Lipinski definition) is 1. The molecule has 22 heavy (non-hydrogen) atoms. The first-order chi connectivity index (χ1) is 9.61. The lowest BCUT2D eigenvalue weighted by Crippen LogP contribution is -2.45. The third-order valence-corrected chi connectivity index (χ3v) is 3.69. The zero-order valence-electron chi connectivity index (χ0n) is 13.1. The molecule has 0 spiro atoms. The lowest BCUT2D eigenvalue weighted by molar-refractivity contribution is 0.169. The summed E-state index contributed by atoms with van der Waals surface area (Å²) in [7, 11) is 1.59. The van der Waals surface area contributed by atoms with Crippen LogP contribution in [0.2, 0.25) is 0 Å². The van der Waals surface area contributed by atoms with Crippen molar-refractivity contribution in [2.45, 2.75) is 19.4 Å². The van der Waals surface area contributed by atoms with E-state index in [4.69, 9.17) is 4.74 Å². The summed E-state index contributed by atoms with van der Waals surface area (Å²) in [6.45, 7) is 10.00. The topological polar surface area (TPSA) is 24.5 Å². The van der Waals surface area contributed by atoms with Crippen LogP contribution in [0.25, 0.3) is 0 Å². The Labute approximate surface area is 144 Å². The Morgan fingerprint density at radius 1 is 1.36 bits per heavy atom. The Balaban J connectivity index is 0.00000220. The molecule has 1 aromatic carbocycles. The lowest BCUT2D eigenvalue weighted by atomic mass is 9.97. The zero-order chi connectivity index (χ0) is 14.5. The Kier molecular flexibility index (Phi) is 9.69. The fourth-order valence-corrected chi connectivity index (χ4v) is 2.72. The normalized spacial score (nSPS) is 16.1. The molecule has 1 N–H and O–H groups in total. The van der Waals surface area contributed by atoms with Gasteiger partial charge in [0.1, 0.15) is 11.6 Å². The average Bonchev–Trinajstić information content (AvgIpc) is 2.45. The summed E-state index contributed by atoms with van der Waals surface area (Å²) in [6.07, 6.45) is 0.863. The van der Waals surface area contributed by atoms with Crippen molar-refractivity contribution in [3.63, 3.8) is 0 Å². The molecule has 0 bridgehead atoms. The number of ether oxygens (including phenoxy) is 1. The van der Waals surface area contributed by atoms with Crippen molar-refractivity contribution in [3.8, 4) is 5.75 Å². The molecule has 1 atom stereocenters. The zero-order valence-corrected chi connectivity index (χ0v) is 14.7. The Hall–Kier alpha value is -0.810. The lowest BCUT2D eigenvalue weighted by Gasteiger charge is -2.36. The first-order valence-corrected chi connectivity index (χ1v) is 7.04. The van der Waals surface area contributed by atoms with Gasteiger partial charge in [-0.15, -0.1) is 31.4 Å². The van der Waals surface area contributed by atoms with Gasteiger partial charge in [-0.05, 0) is 19.4 Å². The second kappa shape index (κ2) is 10.1. The second-order valence-corrected chi connectivity index (χ2v) is 5.35. The van der Waals surface area contributed by atoms with E-state index in [1.807, 2.05) is 13.0 Å². The second-order valence-electron chi connectivity index (χ2n) is 5.35. The summed E-state index contributed by atoms with van der Waals surface area (Å²) in [4.78, 5) is 2.42. The molecule has 0 amide bonds. The summed E-state index contributed by atoms with van der Waals surface area (Å²) in [5.41, 5.74) is 2.17. The molecule has 1 fully saturated rings. The molecule has 1 aliphatic heterocycles. The molecule has 1 heterocycles. The van der Waals surface area contributed by atoms with Crippen molar-refractivity contribution >= 4 is 24.8 Å². The van der Waals surface area contributed by atoms with Gasteiger partial charge < -0.3 is 10.1 Å². The maximum atomic E-state index is 13.4. The molecule has 0 unspecified atom stereocenters. The third kappa shape index (κ3) is 5.43. The fourth-order valence-electron chi connectivity index (χ4n) is 2.72. The highest BCUT2D eigenvalue weighted by molar-refractivity contribution is 5.85. The first kappa shape index (κ1) is 21.2.